The number of hydrogen-bond donors (Lipinski definition) is 2. The van der Waals surface area contributed by atoms with Crippen LogP contribution in [-0.4, -0.2) is 11.2 Å². The van der Waals surface area contributed by atoms with Crippen LogP contribution in [0.25, 0.3) is 10.9 Å². The van der Waals surface area contributed by atoms with E-state index in [0.717, 1.165) is 11.1 Å². The molecule has 0 radical (unpaired) electrons. The maximum atomic E-state index is 5.04. The molecule has 0 atom stereocenters. The van der Waals surface area contributed by atoms with Crippen molar-refractivity contribution in [2.24, 2.45) is 10.9 Å². The van der Waals surface area contributed by atoms with Gasteiger partial charge in [0.15, 0.2) is 0 Å². The van der Waals surface area contributed by atoms with E-state index < -0.39 is 0 Å². The fourth-order valence-electron chi connectivity index (χ4n) is 1.24. The highest BCUT2D eigenvalue weighted by Crippen LogP contribution is 2.12. The minimum Gasteiger partial charge on any atom is -0.361 e. The highest BCUT2D eigenvalue weighted by molar-refractivity contribution is 5.88. The van der Waals surface area contributed by atoms with Crippen LogP contribution >= 0.6 is 0 Å². The van der Waals surface area contributed by atoms with Crippen LogP contribution in [0.15, 0.2) is 35.6 Å². The Kier molecular flexibility index (Phi) is 1.55. The second kappa shape index (κ2) is 2.70. The average Bonchev–Trinajstić information content (AvgIpc) is 2.51. The van der Waals surface area contributed by atoms with Crippen molar-refractivity contribution in [2.75, 3.05) is 0 Å². The highest BCUT2D eigenvalue weighted by atomic mass is 15.1. The first kappa shape index (κ1) is 6.91. The Bertz CT molecular complexity index is 414. The Morgan fingerprint density at radius 2 is 2.25 bits per heavy atom. The smallest absolute Gasteiger partial charge is 0.0538 e. The number of nitrogens with one attached hydrogen (secondary N) is 1. The minimum absolute atomic E-state index is 1.02. The third kappa shape index (κ3) is 1.05. The first-order chi connectivity index (χ1) is 5.90. The monoisotopic (exact) mass is 159 g/mol. The summed E-state index contributed by atoms with van der Waals surface area (Å²) in [6.45, 7) is 0. The minimum atomic E-state index is 1.02. The topological polar surface area (TPSA) is 54.2 Å². The van der Waals surface area contributed by atoms with Gasteiger partial charge < -0.3 is 10.8 Å². The van der Waals surface area contributed by atoms with Gasteiger partial charge in [-0.1, -0.05) is 6.07 Å². The summed E-state index contributed by atoms with van der Waals surface area (Å²) in [6, 6.07) is 8.02. The number of benzene rings is 1. The normalized spacial score (nSPS) is 11.3. The predicted octanol–water partition coefficient (Wildman–Crippen LogP) is 1.46. The van der Waals surface area contributed by atoms with E-state index in [1.54, 1.807) is 6.21 Å². The van der Waals surface area contributed by atoms with Gasteiger partial charge >= 0.3 is 0 Å². The first-order valence-electron chi connectivity index (χ1n) is 3.70. The number of nitrogens with two attached hydrogens (primary N) is 1. The van der Waals surface area contributed by atoms with Crippen molar-refractivity contribution in [2.45, 2.75) is 0 Å². The number of nitrogens with zero attached hydrogens (tertiary/aromatic N) is 1. The van der Waals surface area contributed by atoms with Gasteiger partial charge in [0.2, 0.25) is 0 Å². The van der Waals surface area contributed by atoms with Crippen LogP contribution in [0.1, 0.15) is 5.56 Å². The molecule has 0 aliphatic heterocycles. The fraction of sp³-hybridized carbons (Fsp3) is 0. The molecule has 0 saturated carbocycles. The molecule has 0 unspecified atom stereocenters. The number of H-pyrrole nitrogens is 1. The summed E-state index contributed by atoms with van der Waals surface area (Å²) in [4.78, 5) is 3.11. The summed E-state index contributed by atoms with van der Waals surface area (Å²) >= 11 is 0. The fourth-order valence-corrected chi connectivity index (χ4v) is 1.24. The zero-order chi connectivity index (χ0) is 8.39. The van der Waals surface area contributed by atoms with Crippen molar-refractivity contribution in [1.29, 1.82) is 0 Å². The van der Waals surface area contributed by atoms with Gasteiger partial charge in [-0.25, -0.2) is 0 Å². The number of aromatic nitrogens is 1. The van der Waals surface area contributed by atoms with E-state index >= 15 is 0 Å². The molecule has 0 amide bonds. The Morgan fingerprint density at radius 3 is 3.08 bits per heavy atom. The van der Waals surface area contributed by atoms with Crippen LogP contribution in [0.4, 0.5) is 0 Å². The summed E-state index contributed by atoms with van der Waals surface area (Å²) in [5.74, 6) is 5.04. The molecule has 2 aromatic rings. The van der Waals surface area contributed by atoms with E-state index in [1.165, 1.54) is 5.39 Å². The van der Waals surface area contributed by atoms with Crippen molar-refractivity contribution in [3.8, 4) is 0 Å². The van der Waals surface area contributed by atoms with Crippen LogP contribution < -0.4 is 5.84 Å². The van der Waals surface area contributed by atoms with Crippen LogP contribution in [0, 0.1) is 0 Å². The highest BCUT2D eigenvalue weighted by Gasteiger charge is 1.93. The Labute approximate surface area is 69.9 Å². The summed E-state index contributed by atoms with van der Waals surface area (Å²) in [5.41, 5.74) is 2.15. The van der Waals surface area contributed by atoms with Crippen molar-refractivity contribution >= 4 is 17.1 Å². The van der Waals surface area contributed by atoms with Gasteiger partial charge in [0.1, 0.15) is 0 Å². The lowest BCUT2D eigenvalue weighted by atomic mass is 10.2. The molecule has 0 fully saturated rings. The Hall–Kier alpha value is -1.77. The van der Waals surface area contributed by atoms with Gasteiger partial charge in [-0.2, -0.15) is 5.10 Å². The second-order valence-electron chi connectivity index (χ2n) is 2.60. The number of hydrogen-bond acceptors (Lipinski definition) is 2. The molecule has 1 aromatic heterocycles. The average molecular weight is 159 g/mol. The largest absolute Gasteiger partial charge is 0.361 e. The van der Waals surface area contributed by atoms with Crippen molar-refractivity contribution in [3.05, 3.63) is 36.0 Å². The van der Waals surface area contributed by atoms with Crippen LogP contribution in [0.3, 0.4) is 0 Å². The predicted molar refractivity (Wildman–Crippen MR) is 50.1 cm³/mol. The van der Waals surface area contributed by atoms with Gasteiger partial charge in [-0.15, -0.1) is 0 Å². The lowest BCUT2D eigenvalue weighted by molar-refractivity contribution is 1.26. The zero-order valence-corrected chi connectivity index (χ0v) is 6.49. The van der Waals surface area contributed by atoms with E-state index in [2.05, 4.69) is 10.1 Å². The SMILES string of the molecule is NN=Cc1ccc2[nH]ccc2c1. The van der Waals surface area contributed by atoms with E-state index in [9.17, 15) is 0 Å². The van der Waals surface area contributed by atoms with Crippen LogP contribution in [0.5, 0.6) is 0 Å². The molecular formula is C9H9N3. The molecule has 0 spiro atoms. The molecule has 0 aliphatic carbocycles. The van der Waals surface area contributed by atoms with Crippen molar-refractivity contribution in [1.82, 2.24) is 4.98 Å². The van der Waals surface area contributed by atoms with Gasteiger partial charge in [0.25, 0.3) is 0 Å². The van der Waals surface area contributed by atoms with Gasteiger partial charge in [-0.3, -0.25) is 0 Å². The lowest BCUT2D eigenvalue weighted by Gasteiger charge is -1.91. The number of hydrazone groups is 1. The maximum Gasteiger partial charge on any atom is 0.0538 e. The van der Waals surface area contributed by atoms with E-state index in [0.29, 0.717) is 0 Å². The first-order valence-corrected chi connectivity index (χ1v) is 3.70. The summed E-state index contributed by atoms with van der Waals surface area (Å²) in [7, 11) is 0. The third-order valence-corrected chi connectivity index (χ3v) is 1.80. The van der Waals surface area contributed by atoms with Crippen molar-refractivity contribution in [3.63, 3.8) is 0 Å². The van der Waals surface area contributed by atoms with E-state index in [4.69, 9.17) is 5.84 Å². The van der Waals surface area contributed by atoms with Gasteiger partial charge in [0.05, 0.1) is 6.21 Å². The molecule has 2 rings (SSSR count). The number of rotatable bonds is 1. The van der Waals surface area contributed by atoms with Crippen LogP contribution in [-0.2, 0) is 0 Å². The summed E-state index contributed by atoms with van der Waals surface area (Å²) < 4.78 is 0. The Morgan fingerprint density at radius 1 is 1.33 bits per heavy atom. The molecular weight excluding hydrogens is 150 g/mol. The van der Waals surface area contributed by atoms with E-state index in [1.807, 2.05) is 30.5 Å². The molecule has 60 valence electrons. The molecule has 3 nitrogen and oxygen atoms in total. The molecule has 3 heteroatoms. The molecule has 3 N–H and O–H groups in total. The lowest BCUT2D eigenvalue weighted by Crippen LogP contribution is -1.85. The molecule has 12 heavy (non-hydrogen) atoms. The molecule has 0 saturated heterocycles. The number of fused-ring (bicyclic) bond motifs is 1. The molecule has 1 heterocycles. The van der Waals surface area contributed by atoms with Crippen LogP contribution in [0.2, 0.25) is 0 Å². The van der Waals surface area contributed by atoms with Gasteiger partial charge in [-0.05, 0) is 29.1 Å². The summed E-state index contributed by atoms with van der Waals surface area (Å²) in [6.07, 6.45) is 3.54. The number of aromatic amines is 1. The molecule has 0 aliphatic rings. The van der Waals surface area contributed by atoms with E-state index in [-0.39, 0.29) is 0 Å². The quantitative estimate of drug-likeness (QED) is 0.369. The standard InChI is InChI=1S/C9H9N3/c10-12-6-7-1-2-9-8(5-7)3-4-11-9/h1-6,11H,10H2. The summed E-state index contributed by atoms with van der Waals surface area (Å²) in [5, 5.41) is 4.64. The molecule has 0 bridgehead atoms. The maximum absolute atomic E-state index is 5.04. The zero-order valence-electron chi connectivity index (χ0n) is 6.49. The van der Waals surface area contributed by atoms with Gasteiger partial charge in [0, 0.05) is 11.7 Å². The Balaban J connectivity index is 2.60. The second-order valence-corrected chi connectivity index (χ2v) is 2.60. The van der Waals surface area contributed by atoms with Crippen molar-refractivity contribution < 1.29 is 0 Å². The third-order valence-electron chi connectivity index (χ3n) is 1.80. The molecule has 1 aromatic carbocycles.